The van der Waals surface area contributed by atoms with Gasteiger partial charge in [0.05, 0.1) is 11.7 Å². The molecule has 0 aliphatic carbocycles. The summed E-state index contributed by atoms with van der Waals surface area (Å²) in [4.78, 5) is 22.9. The molecule has 1 amide bonds. The summed E-state index contributed by atoms with van der Waals surface area (Å²) in [5.41, 5.74) is 1.23. The summed E-state index contributed by atoms with van der Waals surface area (Å²) in [6, 6.07) is 9.14. The number of pyridine rings is 1. The zero-order chi connectivity index (χ0) is 29.3. The first-order valence-electron chi connectivity index (χ1n) is 13.3. The maximum Gasteiger partial charge on any atom is 0.410 e. The minimum absolute atomic E-state index is 0.157. The lowest BCUT2D eigenvalue weighted by molar-refractivity contribution is 0.0270. The highest BCUT2D eigenvalue weighted by Gasteiger charge is 2.47. The lowest BCUT2D eigenvalue weighted by Crippen LogP contribution is -2.59. The maximum absolute atomic E-state index is 14.2. The van der Waals surface area contributed by atoms with Crippen LogP contribution in [-0.4, -0.2) is 60.0 Å². The molecule has 216 valence electrons. The Morgan fingerprint density at radius 1 is 1.27 bits per heavy atom. The van der Waals surface area contributed by atoms with Gasteiger partial charge in [0, 0.05) is 24.8 Å². The quantitative estimate of drug-likeness (QED) is 0.540. The van der Waals surface area contributed by atoms with Crippen LogP contribution in [0.5, 0.6) is 0 Å². The molecule has 9 nitrogen and oxygen atoms in total. The van der Waals surface area contributed by atoms with E-state index in [1.54, 1.807) is 50.1 Å². The number of nitrogens with zero attached hydrogens (tertiary/aromatic N) is 3. The minimum Gasteiger partial charge on any atom is -0.457 e. The molecule has 2 aliphatic rings. The first kappa shape index (κ1) is 29.5. The van der Waals surface area contributed by atoms with Crippen LogP contribution in [0.15, 0.2) is 53.7 Å². The fourth-order valence-electron chi connectivity index (χ4n) is 4.71. The number of hydrogen-bond acceptors (Lipinski definition) is 7. The number of sulfonamides is 1. The predicted molar refractivity (Wildman–Crippen MR) is 152 cm³/mol. The van der Waals surface area contributed by atoms with E-state index in [1.807, 2.05) is 39.0 Å². The van der Waals surface area contributed by atoms with Gasteiger partial charge in [0.15, 0.2) is 0 Å². The third kappa shape index (κ3) is 6.99. The van der Waals surface area contributed by atoms with Crippen molar-refractivity contribution in [3.8, 4) is 0 Å². The van der Waals surface area contributed by atoms with Crippen LogP contribution < -0.4 is 4.72 Å². The molecular formula is C29H37FN4O5S. The van der Waals surface area contributed by atoms with Crippen LogP contribution >= 0.6 is 0 Å². The number of rotatable bonds is 5. The zero-order valence-corrected chi connectivity index (χ0v) is 24.6. The van der Waals surface area contributed by atoms with Gasteiger partial charge >= 0.3 is 6.09 Å². The fourth-order valence-corrected chi connectivity index (χ4v) is 6.40. The topological polar surface area (TPSA) is 110 Å². The Morgan fingerprint density at radius 2 is 2.00 bits per heavy atom. The summed E-state index contributed by atoms with van der Waals surface area (Å²) in [5.74, 6) is -0.421. The van der Waals surface area contributed by atoms with E-state index in [2.05, 4.69) is 14.7 Å². The van der Waals surface area contributed by atoms with Crippen LogP contribution in [0.2, 0.25) is 0 Å². The van der Waals surface area contributed by atoms with E-state index in [0.29, 0.717) is 25.1 Å². The summed E-state index contributed by atoms with van der Waals surface area (Å²) < 4.78 is 54.6. The first-order valence-corrected chi connectivity index (χ1v) is 14.8. The largest absolute Gasteiger partial charge is 0.457 e. The standard InChI is InChI=1S/C29H37FN4O5S/c1-19(22-9-7-8-10-23(22)30)32-26-33-40(36,37)25(29(5,6)38-26)17-20-11-12-24(31-18-20)21-13-15-34(16-14-21)27(35)39-28(2,3)4/h7-13,18-19,25H,14-17H2,1-6H3,(H,32,33). The van der Waals surface area contributed by atoms with Crippen molar-refractivity contribution in [2.75, 3.05) is 13.1 Å². The molecule has 1 aromatic carbocycles. The molecule has 0 spiro atoms. The number of halogens is 1. The number of ether oxygens (including phenoxy) is 2. The van der Waals surface area contributed by atoms with Gasteiger partial charge in [-0.15, -0.1) is 0 Å². The smallest absolute Gasteiger partial charge is 0.410 e. The van der Waals surface area contributed by atoms with Crippen LogP contribution in [0.25, 0.3) is 5.57 Å². The Bertz CT molecular complexity index is 1410. The second-order valence-corrected chi connectivity index (χ2v) is 13.5. The van der Waals surface area contributed by atoms with E-state index in [9.17, 15) is 17.6 Å². The van der Waals surface area contributed by atoms with Gasteiger partial charge in [0.2, 0.25) is 10.0 Å². The summed E-state index contributed by atoms with van der Waals surface area (Å²) in [6.07, 6.45) is 4.11. The van der Waals surface area contributed by atoms with Gasteiger partial charge in [0.1, 0.15) is 22.3 Å². The van der Waals surface area contributed by atoms with Crippen LogP contribution in [0, 0.1) is 5.82 Å². The molecule has 1 N–H and O–H groups in total. The van der Waals surface area contributed by atoms with Crippen molar-refractivity contribution < 1.29 is 27.1 Å². The van der Waals surface area contributed by atoms with Gasteiger partial charge in [-0.2, -0.15) is 0 Å². The number of hydrogen-bond donors (Lipinski definition) is 1. The Labute approximate surface area is 235 Å². The Balaban J connectivity index is 1.43. The number of aliphatic imine (C=N–C) groups is 1. The van der Waals surface area contributed by atoms with E-state index in [0.717, 1.165) is 16.8 Å². The van der Waals surface area contributed by atoms with Gasteiger partial charge in [-0.3, -0.25) is 4.98 Å². The molecule has 2 aliphatic heterocycles. The highest BCUT2D eigenvalue weighted by atomic mass is 32.2. The molecule has 0 saturated carbocycles. The molecule has 3 heterocycles. The average molecular weight is 573 g/mol. The number of nitrogens with one attached hydrogen (secondary N) is 1. The van der Waals surface area contributed by atoms with Gasteiger partial charge < -0.3 is 14.4 Å². The van der Waals surface area contributed by atoms with E-state index in [1.165, 1.54) is 6.07 Å². The van der Waals surface area contributed by atoms with Crippen molar-refractivity contribution in [1.29, 1.82) is 0 Å². The summed E-state index contributed by atoms with van der Waals surface area (Å²) in [6.45, 7) is 11.5. The molecule has 1 fully saturated rings. The number of aromatic nitrogens is 1. The molecule has 4 rings (SSSR count). The van der Waals surface area contributed by atoms with Crippen molar-refractivity contribution in [3.05, 3.63) is 71.3 Å². The monoisotopic (exact) mass is 572 g/mol. The molecule has 0 radical (unpaired) electrons. The molecular weight excluding hydrogens is 535 g/mol. The van der Waals surface area contributed by atoms with E-state index < -0.39 is 38.3 Å². The number of carbonyl (C=O) groups is 1. The molecule has 1 saturated heterocycles. The van der Waals surface area contributed by atoms with Gasteiger partial charge in [-0.25, -0.2) is 27.3 Å². The van der Waals surface area contributed by atoms with Crippen molar-refractivity contribution in [2.24, 2.45) is 4.99 Å². The normalized spacial score (nSPS) is 22.1. The van der Waals surface area contributed by atoms with E-state index >= 15 is 0 Å². The summed E-state index contributed by atoms with van der Waals surface area (Å²) in [5, 5.41) is -0.911. The Morgan fingerprint density at radius 3 is 2.58 bits per heavy atom. The molecule has 11 heteroatoms. The molecule has 2 aromatic rings. The Kier molecular flexibility index (Phi) is 8.26. The molecule has 40 heavy (non-hydrogen) atoms. The fraction of sp³-hybridized carbons (Fsp3) is 0.483. The zero-order valence-electron chi connectivity index (χ0n) is 23.8. The summed E-state index contributed by atoms with van der Waals surface area (Å²) >= 11 is 0. The maximum atomic E-state index is 14.2. The third-order valence-corrected chi connectivity index (χ3v) is 8.78. The highest BCUT2D eigenvalue weighted by molar-refractivity contribution is 7.90. The number of carbonyl (C=O) groups excluding carboxylic acids is 1. The number of amidine groups is 1. The van der Waals surface area contributed by atoms with E-state index in [-0.39, 0.29) is 18.5 Å². The van der Waals surface area contributed by atoms with Crippen molar-refractivity contribution in [3.63, 3.8) is 0 Å². The Hall–Kier alpha value is -3.47. The highest BCUT2D eigenvalue weighted by Crippen LogP contribution is 2.31. The van der Waals surface area contributed by atoms with Gasteiger partial charge in [-0.1, -0.05) is 30.3 Å². The van der Waals surface area contributed by atoms with E-state index in [4.69, 9.17) is 9.47 Å². The molecule has 2 unspecified atom stereocenters. The second kappa shape index (κ2) is 11.2. The molecule has 0 bridgehead atoms. The van der Waals surface area contributed by atoms with Crippen LogP contribution in [-0.2, 0) is 25.9 Å². The van der Waals surface area contributed by atoms with Crippen LogP contribution in [0.1, 0.15) is 70.8 Å². The first-order chi connectivity index (χ1) is 18.6. The predicted octanol–water partition coefficient (Wildman–Crippen LogP) is 5.00. The van der Waals surface area contributed by atoms with Crippen LogP contribution in [0.4, 0.5) is 9.18 Å². The van der Waals surface area contributed by atoms with Crippen LogP contribution in [0.3, 0.4) is 0 Å². The molecule has 2 atom stereocenters. The SMILES string of the molecule is CC(N=C1NS(=O)(=O)C(Cc2ccc(C3=CCN(C(=O)OC(C)(C)C)CC3)nc2)C(C)(C)O1)c1ccccc1F. The number of amides is 1. The summed E-state index contributed by atoms with van der Waals surface area (Å²) in [7, 11) is -3.86. The lowest BCUT2D eigenvalue weighted by atomic mass is 9.97. The molecule has 1 aromatic heterocycles. The van der Waals surface area contributed by atoms with Crippen molar-refractivity contribution >= 4 is 27.7 Å². The van der Waals surface area contributed by atoms with Crippen molar-refractivity contribution in [2.45, 2.75) is 76.9 Å². The van der Waals surface area contributed by atoms with Crippen molar-refractivity contribution in [1.82, 2.24) is 14.6 Å². The van der Waals surface area contributed by atoms with Gasteiger partial charge in [-0.05, 0) is 77.7 Å². The number of benzene rings is 1. The lowest BCUT2D eigenvalue weighted by Gasteiger charge is -2.39. The third-order valence-electron chi connectivity index (χ3n) is 6.84. The second-order valence-electron chi connectivity index (χ2n) is 11.6. The minimum atomic E-state index is -3.86. The average Bonchev–Trinajstić information content (AvgIpc) is 2.85. The van der Waals surface area contributed by atoms with Gasteiger partial charge in [0.25, 0.3) is 6.02 Å².